The van der Waals surface area contributed by atoms with Crippen LogP contribution in [0.25, 0.3) is 10.6 Å². The van der Waals surface area contributed by atoms with Gasteiger partial charge in [-0.05, 0) is 39.2 Å². The number of ether oxygens (including phenoxy) is 1. The van der Waals surface area contributed by atoms with E-state index < -0.39 is 0 Å². The van der Waals surface area contributed by atoms with Crippen LogP contribution >= 0.6 is 22.9 Å². The summed E-state index contributed by atoms with van der Waals surface area (Å²) in [5.74, 6) is 0.571. The van der Waals surface area contributed by atoms with Crippen molar-refractivity contribution in [1.82, 2.24) is 9.36 Å². The van der Waals surface area contributed by atoms with Crippen molar-refractivity contribution in [2.45, 2.75) is 39.4 Å². The molecule has 1 saturated heterocycles. The van der Waals surface area contributed by atoms with E-state index in [-0.39, 0.29) is 11.7 Å². The van der Waals surface area contributed by atoms with Crippen LogP contribution in [-0.2, 0) is 4.74 Å². The lowest BCUT2D eigenvalue weighted by molar-refractivity contribution is -0.0747. The van der Waals surface area contributed by atoms with Gasteiger partial charge in [0.05, 0.1) is 17.3 Å². The number of hydrogen-bond donors (Lipinski definition) is 1. The third kappa shape index (κ3) is 2.90. The fourth-order valence-electron chi connectivity index (χ4n) is 2.79. The quantitative estimate of drug-likeness (QED) is 0.919. The van der Waals surface area contributed by atoms with Gasteiger partial charge in [-0.25, -0.2) is 4.98 Å². The van der Waals surface area contributed by atoms with Crippen LogP contribution in [0.4, 0.5) is 10.8 Å². The van der Waals surface area contributed by atoms with Gasteiger partial charge in [-0.15, -0.1) is 11.3 Å². The molecule has 1 aliphatic heterocycles. The Hall–Kier alpha value is -1.18. The molecule has 0 aliphatic carbocycles. The molecule has 1 fully saturated rings. The molecular weight excluding hydrogens is 304 g/mol. The number of anilines is 2. The zero-order valence-corrected chi connectivity index (χ0v) is 14.3. The predicted molar refractivity (Wildman–Crippen MR) is 89.2 cm³/mol. The first-order chi connectivity index (χ1) is 9.85. The average Bonchev–Trinajstić information content (AvgIpc) is 2.92. The van der Waals surface area contributed by atoms with Crippen LogP contribution in [0.3, 0.4) is 0 Å². The van der Waals surface area contributed by atoms with Crippen molar-refractivity contribution in [3.8, 4) is 10.6 Å². The maximum Gasteiger partial charge on any atom is 0.149 e. The van der Waals surface area contributed by atoms with E-state index in [1.54, 1.807) is 11.3 Å². The Kier molecular flexibility index (Phi) is 3.67. The summed E-state index contributed by atoms with van der Waals surface area (Å²) in [5.41, 5.74) is 7.92. The lowest BCUT2D eigenvalue weighted by Gasteiger charge is -2.42. The number of aryl methyl sites for hydroxylation is 1. The van der Waals surface area contributed by atoms with Gasteiger partial charge >= 0.3 is 0 Å². The summed E-state index contributed by atoms with van der Waals surface area (Å²) in [6.45, 7) is 10.0. The Balaban J connectivity index is 2.00. The normalized spacial score (nSPS) is 21.7. The number of hydrogen-bond acceptors (Lipinski definition) is 7. The monoisotopic (exact) mass is 324 g/mol. The van der Waals surface area contributed by atoms with Crippen molar-refractivity contribution < 1.29 is 4.74 Å². The summed E-state index contributed by atoms with van der Waals surface area (Å²) >= 11 is 3.07. The number of nitrogen functional groups attached to an aromatic ring is 1. The van der Waals surface area contributed by atoms with Crippen LogP contribution in [0.15, 0.2) is 5.38 Å². The molecule has 1 aliphatic rings. The molecule has 3 heterocycles. The molecule has 21 heavy (non-hydrogen) atoms. The van der Waals surface area contributed by atoms with Gasteiger partial charge in [0.1, 0.15) is 15.8 Å². The van der Waals surface area contributed by atoms with Crippen molar-refractivity contribution in [2.75, 3.05) is 23.7 Å². The second-order valence-electron chi connectivity index (χ2n) is 6.11. The molecule has 0 spiro atoms. The van der Waals surface area contributed by atoms with Gasteiger partial charge in [-0.2, -0.15) is 4.37 Å². The zero-order valence-electron chi connectivity index (χ0n) is 12.7. The highest BCUT2D eigenvalue weighted by atomic mass is 32.1. The second kappa shape index (κ2) is 5.23. The third-order valence-corrected chi connectivity index (χ3v) is 5.29. The van der Waals surface area contributed by atoms with Crippen LogP contribution in [0.5, 0.6) is 0 Å². The Morgan fingerprint density at radius 1 is 1.48 bits per heavy atom. The molecule has 7 heteroatoms. The number of nitrogens with zero attached hydrogens (tertiary/aromatic N) is 3. The maximum absolute atomic E-state index is 6.10. The molecule has 2 N–H and O–H groups in total. The van der Waals surface area contributed by atoms with Crippen LogP contribution < -0.4 is 10.6 Å². The largest absolute Gasteiger partial charge is 0.382 e. The van der Waals surface area contributed by atoms with E-state index in [0.29, 0.717) is 5.82 Å². The first kappa shape index (κ1) is 14.7. The molecular formula is C14H20N4OS2. The molecule has 0 bridgehead atoms. The molecule has 1 atom stereocenters. The predicted octanol–water partition coefficient (Wildman–Crippen LogP) is 3.16. The highest BCUT2D eigenvalue weighted by Crippen LogP contribution is 2.42. The number of nitrogens with two attached hydrogens (primary N) is 1. The Morgan fingerprint density at radius 3 is 2.86 bits per heavy atom. The molecule has 0 saturated carbocycles. The second-order valence-corrected chi connectivity index (χ2v) is 7.72. The van der Waals surface area contributed by atoms with Gasteiger partial charge < -0.3 is 15.4 Å². The van der Waals surface area contributed by atoms with E-state index in [1.807, 2.05) is 12.3 Å². The molecule has 0 aromatic carbocycles. The molecule has 0 radical (unpaired) electrons. The minimum absolute atomic E-state index is 0.174. The number of thiazole rings is 1. The van der Waals surface area contributed by atoms with Gasteiger partial charge in [0.25, 0.3) is 0 Å². The first-order valence-corrected chi connectivity index (χ1v) is 8.61. The van der Waals surface area contributed by atoms with Crippen LogP contribution in [0.2, 0.25) is 0 Å². The minimum atomic E-state index is -0.174. The average molecular weight is 324 g/mol. The number of rotatable bonds is 2. The van der Waals surface area contributed by atoms with E-state index in [4.69, 9.17) is 10.5 Å². The third-order valence-electron chi connectivity index (χ3n) is 3.39. The summed E-state index contributed by atoms with van der Waals surface area (Å²) in [6, 6.07) is 0. The molecule has 114 valence electrons. The molecule has 5 nitrogen and oxygen atoms in total. The van der Waals surface area contributed by atoms with E-state index in [0.717, 1.165) is 34.4 Å². The van der Waals surface area contributed by atoms with Gasteiger partial charge in [0, 0.05) is 24.2 Å². The standard InChI is InChI=1S/C14H20N4OS2/c1-8-6-20-12(16-8)10-11(15)17-21-13(10)18-5-9(2)19-14(3,4)7-18/h6,9H,5,7H2,1-4H3,(H2,15,17). The van der Waals surface area contributed by atoms with Gasteiger partial charge in [0.15, 0.2) is 0 Å². The highest BCUT2D eigenvalue weighted by Gasteiger charge is 2.34. The SMILES string of the molecule is Cc1csc(-c2c(N)nsc2N2CC(C)OC(C)(C)C2)n1. The Bertz CT molecular complexity index is 649. The maximum atomic E-state index is 6.10. The Morgan fingerprint density at radius 2 is 2.24 bits per heavy atom. The van der Waals surface area contributed by atoms with Crippen LogP contribution in [0, 0.1) is 6.92 Å². The molecule has 3 rings (SSSR count). The van der Waals surface area contributed by atoms with Crippen LogP contribution in [-0.4, -0.2) is 34.2 Å². The van der Waals surface area contributed by atoms with E-state index in [2.05, 4.69) is 35.0 Å². The Labute approximate surface area is 132 Å². The first-order valence-electron chi connectivity index (χ1n) is 6.96. The topological polar surface area (TPSA) is 64.3 Å². The van der Waals surface area contributed by atoms with Crippen molar-refractivity contribution in [2.24, 2.45) is 0 Å². The highest BCUT2D eigenvalue weighted by molar-refractivity contribution is 7.15. The molecule has 2 aromatic heterocycles. The fourth-order valence-corrected chi connectivity index (χ4v) is 4.53. The van der Waals surface area contributed by atoms with E-state index >= 15 is 0 Å². The van der Waals surface area contributed by atoms with Gasteiger partial charge in [-0.3, -0.25) is 0 Å². The van der Waals surface area contributed by atoms with E-state index in [1.165, 1.54) is 11.5 Å². The summed E-state index contributed by atoms with van der Waals surface area (Å²) in [7, 11) is 0. The van der Waals surface area contributed by atoms with Crippen molar-refractivity contribution in [1.29, 1.82) is 0 Å². The smallest absolute Gasteiger partial charge is 0.149 e. The molecule has 1 unspecified atom stereocenters. The molecule has 2 aromatic rings. The fraction of sp³-hybridized carbons (Fsp3) is 0.571. The van der Waals surface area contributed by atoms with Crippen molar-refractivity contribution in [3.63, 3.8) is 0 Å². The summed E-state index contributed by atoms with van der Waals surface area (Å²) in [6.07, 6.45) is 0.183. The number of morpholine rings is 1. The lowest BCUT2D eigenvalue weighted by Crippen LogP contribution is -2.51. The minimum Gasteiger partial charge on any atom is -0.382 e. The number of aromatic nitrogens is 2. The van der Waals surface area contributed by atoms with E-state index in [9.17, 15) is 0 Å². The summed E-state index contributed by atoms with van der Waals surface area (Å²) < 4.78 is 10.3. The van der Waals surface area contributed by atoms with Crippen molar-refractivity contribution >= 4 is 33.7 Å². The summed E-state index contributed by atoms with van der Waals surface area (Å²) in [5, 5.41) is 4.10. The van der Waals surface area contributed by atoms with Crippen LogP contribution in [0.1, 0.15) is 26.5 Å². The van der Waals surface area contributed by atoms with Gasteiger partial charge in [0.2, 0.25) is 0 Å². The van der Waals surface area contributed by atoms with Crippen molar-refractivity contribution in [3.05, 3.63) is 11.1 Å². The lowest BCUT2D eigenvalue weighted by atomic mass is 10.1. The zero-order chi connectivity index (χ0) is 15.2. The van der Waals surface area contributed by atoms with Gasteiger partial charge in [-0.1, -0.05) is 0 Å². The summed E-state index contributed by atoms with van der Waals surface area (Å²) in [4.78, 5) is 6.90. The molecule has 0 amide bonds.